The maximum Gasteiger partial charge on any atom is 0.307 e. The minimum Gasteiger partial charge on any atom is -0.463 e. The number of nitrogens with two attached hydrogens (primary N) is 1. The molecule has 0 aliphatic heterocycles. The van der Waals surface area contributed by atoms with Gasteiger partial charge in [-0.3, -0.25) is 4.79 Å². The third-order valence-corrected chi connectivity index (χ3v) is 1.48. The van der Waals surface area contributed by atoms with E-state index in [4.69, 9.17) is 15.2 Å². The van der Waals surface area contributed by atoms with Crippen LogP contribution in [0.5, 0.6) is 0 Å². The summed E-state index contributed by atoms with van der Waals surface area (Å²) >= 11 is 0. The zero-order chi connectivity index (χ0) is 12.1. The molecule has 4 nitrogen and oxygen atoms in total. The van der Waals surface area contributed by atoms with Crippen molar-refractivity contribution >= 4 is 5.97 Å². The van der Waals surface area contributed by atoms with Crippen LogP contribution in [0.4, 0.5) is 0 Å². The molecule has 0 aromatic rings. The molecule has 0 aromatic heterocycles. The van der Waals surface area contributed by atoms with E-state index in [2.05, 4.69) is 0 Å². The fourth-order valence-electron chi connectivity index (χ4n) is 0.926. The molecule has 0 aliphatic carbocycles. The first kappa shape index (κ1) is 14.4. The summed E-state index contributed by atoms with van der Waals surface area (Å²) < 4.78 is 10.4. The Morgan fingerprint density at radius 1 is 1.13 bits per heavy atom. The third kappa shape index (κ3) is 11.3. The van der Waals surface area contributed by atoms with Gasteiger partial charge in [0.25, 0.3) is 0 Å². The second kappa shape index (κ2) is 5.47. The van der Waals surface area contributed by atoms with Crippen molar-refractivity contribution in [3.8, 4) is 0 Å². The summed E-state index contributed by atoms with van der Waals surface area (Å²) in [5.41, 5.74) is 4.97. The van der Waals surface area contributed by atoms with Crippen molar-refractivity contribution in [1.82, 2.24) is 0 Å². The average Bonchev–Trinajstić information content (AvgIpc) is 1.92. The summed E-state index contributed by atoms with van der Waals surface area (Å²) in [5, 5.41) is 0. The maximum atomic E-state index is 11.2. The summed E-state index contributed by atoms with van der Waals surface area (Å²) in [7, 11) is 0. The molecule has 0 unspecified atom stereocenters. The van der Waals surface area contributed by atoms with Crippen LogP contribution in [-0.2, 0) is 14.3 Å². The number of rotatable bonds is 5. The SMILES string of the molecule is CC(C)(N)CC(=O)OCCOC(C)(C)C. The highest BCUT2D eigenvalue weighted by atomic mass is 16.6. The van der Waals surface area contributed by atoms with Gasteiger partial charge >= 0.3 is 5.97 Å². The van der Waals surface area contributed by atoms with Crippen molar-refractivity contribution in [1.29, 1.82) is 0 Å². The van der Waals surface area contributed by atoms with Crippen molar-refractivity contribution in [3.05, 3.63) is 0 Å². The highest BCUT2D eigenvalue weighted by Crippen LogP contribution is 2.07. The van der Waals surface area contributed by atoms with Crippen LogP contribution < -0.4 is 5.73 Å². The Labute approximate surface area is 92.1 Å². The molecule has 0 amide bonds. The predicted molar refractivity (Wildman–Crippen MR) is 59.5 cm³/mol. The van der Waals surface area contributed by atoms with Gasteiger partial charge in [-0.1, -0.05) is 0 Å². The van der Waals surface area contributed by atoms with Crippen LogP contribution in [0.2, 0.25) is 0 Å². The molecular weight excluding hydrogens is 194 g/mol. The first-order valence-electron chi connectivity index (χ1n) is 5.19. The molecule has 4 heteroatoms. The normalized spacial score (nSPS) is 12.7. The molecule has 0 saturated carbocycles. The van der Waals surface area contributed by atoms with Gasteiger partial charge in [-0.2, -0.15) is 0 Å². The van der Waals surface area contributed by atoms with Crippen LogP contribution in [0.15, 0.2) is 0 Å². The lowest BCUT2D eigenvalue weighted by atomic mass is 10.0. The zero-order valence-electron chi connectivity index (χ0n) is 10.4. The average molecular weight is 217 g/mol. The molecule has 0 heterocycles. The van der Waals surface area contributed by atoms with Crippen LogP contribution in [0, 0.1) is 0 Å². The maximum absolute atomic E-state index is 11.2. The van der Waals surface area contributed by atoms with Gasteiger partial charge in [0, 0.05) is 5.54 Å². The van der Waals surface area contributed by atoms with E-state index in [9.17, 15) is 4.79 Å². The number of hydrogen-bond donors (Lipinski definition) is 1. The number of ether oxygens (including phenoxy) is 2. The van der Waals surface area contributed by atoms with Crippen LogP contribution in [0.3, 0.4) is 0 Å². The second-order valence-electron chi connectivity index (χ2n) is 5.35. The number of carbonyl (C=O) groups excluding carboxylic acids is 1. The van der Waals surface area contributed by atoms with Gasteiger partial charge < -0.3 is 15.2 Å². The van der Waals surface area contributed by atoms with Gasteiger partial charge in [0.2, 0.25) is 0 Å². The largest absolute Gasteiger partial charge is 0.463 e. The van der Waals surface area contributed by atoms with Gasteiger partial charge in [-0.15, -0.1) is 0 Å². The van der Waals surface area contributed by atoms with Crippen LogP contribution in [0.1, 0.15) is 41.0 Å². The number of hydrogen-bond acceptors (Lipinski definition) is 4. The molecule has 15 heavy (non-hydrogen) atoms. The summed E-state index contributed by atoms with van der Waals surface area (Å²) in [5.74, 6) is -0.278. The molecule has 2 N–H and O–H groups in total. The fraction of sp³-hybridized carbons (Fsp3) is 0.909. The van der Waals surface area contributed by atoms with Crippen LogP contribution in [0.25, 0.3) is 0 Å². The Kier molecular flexibility index (Phi) is 5.24. The minimum absolute atomic E-state index is 0.195. The summed E-state index contributed by atoms with van der Waals surface area (Å²) in [6, 6.07) is 0. The highest BCUT2D eigenvalue weighted by molar-refractivity contribution is 5.70. The van der Waals surface area contributed by atoms with Crippen molar-refractivity contribution in [2.24, 2.45) is 5.73 Å². The Hall–Kier alpha value is -0.610. The highest BCUT2D eigenvalue weighted by Gasteiger charge is 2.17. The van der Waals surface area contributed by atoms with Gasteiger partial charge in [0.1, 0.15) is 6.61 Å². The Morgan fingerprint density at radius 2 is 1.67 bits per heavy atom. The number of esters is 1. The van der Waals surface area contributed by atoms with E-state index in [1.165, 1.54) is 0 Å². The molecule has 0 saturated heterocycles. The van der Waals surface area contributed by atoms with E-state index in [1.54, 1.807) is 13.8 Å². The molecule has 90 valence electrons. The third-order valence-electron chi connectivity index (χ3n) is 1.48. The topological polar surface area (TPSA) is 61.6 Å². The Bertz CT molecular complexity index is 201. The van der Waals surface area contributed by atoms with Crippen molar-refractivity contribution in [2.45, 2.75) is 52.2 Å². The second-order valence-corrected chi connectivity index (χ2v) is 5.35. The smallest absolute Gasteiger partial charge is 0.307 e. The molecule has 0 aromatic carbocycles. The van der Waals surface area contributed by atoms with E-state index in [0.29, 0.717) is 6.61 Å². The zero-order valence-corrected chi connectivity index (χ0v) is 10.4. The number of carbonyl (C=O) groups is 1. The van der Waals surface area contributed by atoms with E-state index < -0.39 is 5.54 Å². The van der Waals surface area contributed by atoms with Crippen LogP contribution in [-0.4, -0.2) is 30.3 Å². The fourth-order valence-corrected chi connectivity index (χ4v) is 0.926. The van der Waals surface area contributed by atoms with E-state index >= 15 is 0 Å². The Morgan fingerprint density at radius 3 is 2.07 bits per heavy atom. The first-order valence-corrected chi connectivity index (χ1v) is 5.19. The monoisotopic (exact) mass is 217 g/mol. The molecule has 0 spiro atoms. The molecule has 0 rings (SSSR count). The van der Waals surface area contributed by atoms with Gasteiger partial charge in [0.05, 0.1) is 18.6 Å². The van der Waals surface area contributed by atoms with Crippen LogP contribution >= 0.6 is 0 Å². The van der Waals surface area contributed by atoms with Gasteiger partial charge in [-0.05, 0) is 34.6 Å². The molecule has 0 atom stereocenters. The summed E-state index contributed by atoms with van der Waals surface area (Å²) in [6.07, 6.45) is 0.225. The summed E-state index contributed by atoms with van der Waals surface area (Å²) in [6.45, 7) is 10.2. The van der Waals surface area contributed by atoms with Gasteiger partial charge in [0.15, 0.2) is 0 Å². The van der Waals surface area contributed by atoms with Crippen molar-refractivity contribution in [3.63, 3.8) is 0 Å². The first-order chi connectivity index (χ1) is 6.60. The van der Waals surface area contributed by atoms with E-state index in [0.717, 1.165) is 0 Å². The lowest BCUT2D eigenvalue weighted by molar-refractivity contribution is -0.148. The predicted octanol–water partition coefficient (Wildman–Crippen LogP) is 1.47. The lowest BCUT2D eigenvalue weighted by Gasteiger charge is -2.20. The molecular formula is C11H23NO3. The van der Waals surface area contributed by atoms with E-state index in [1.807, 2.05) is 20.8 Å². The van der Waals surface area contributed by atoms with Crippen molar-refractivity contribution < 1.29 is 14.3 Å². The van der Waals surface area contributed by atoms with Crippen molar-refractivity contribution in [2.75, 3.05) is 13.2 Å². The molecule has 0 aliphatic rings. The Balaban J connectivity index is 3.57. The molecule has 0 radical (unpaired) electrons. The van der Waals surface area contributed by atoms with E-state index in [-0.39, 0.29) is 24.6 Å². The minimum atomic E-state index is -0.512. The summed E-state index contributed by atoms with van der Waals surface area (Å²) in [4.78, 5) is 11.2. The lowest BCUT2D eigenvalue weighted by Crippen LogP contribution is -2.35. The molecule has 0 bridgehead atoms. The van der Waals surface area contributed by atoms with Gasteiger partial charge in [-0.25, -0.2) is 0 Å². The quantitative estimate of drug-likeness (QED) is 0.559. The molecule has 0 fully saturated rings. The standard InChI is InChI=1S/C11H23NO3/c1-10(2,3)15-7-6-14-9(13)8-11(4,5)12/h6-8,12H2,1-5H3.